The highest BCUT2D eigenvalue weighted by Crippen LogP contribution is 2.19. The zero-order valence-electron chi connectivity index (χ0n) is 15.7. The van der Waals surface area contributed by atoms with Gasteiger partial charge < -0.3 is 4.74 Å². The van der Waals surface area contributed by atoms with Crippen LogP contribution in [0.1, 0.15) is 46.6 Å². The first kappa shape index (κ1) is 22.3. The number of carbonyl (C=O) groups excluding carboxylic acids is 1. The average molecular weight is 345 g/mol. The minimum absolute atomic E-state index is 0.0196. The maximum Gasteiger partial charge on any atom is 0.389 e. The molecule has 1 aromatic heterocycles. The van der Waals surface area contributed by atoms with Gasteiger partial charge >= 0.3 is 5.97 Å². The molecule has 0 fully saturated rings. The van der Waals surface area contributed by atoms with E-state index in [-0.39, 0.29) is 17.9 Å². The Morgan fingerprint density at radius 1 is 1.44 bits per heavy atom. The number of aromatic nitrogens is 2. The Morgan fingerprint density at radius 2 is 2.08 bits per heavy atom. The van der Waals surface area contributed by atoms with Gasteiger partial charge in [-0.1, -0.05) is 41.2 Å². The Bertz CT molecular complexity index is 712. The number of allylic oxidation sites excluding steroid dienone is 1. The molecule has 0 saturated heterocycles. The summed E-state index contributed by atoms with van der Waals surface area (Å²) in [7, 11) is 0. The predicted molar refractivity (Wildman–Crippen MR) is 101 cm³/mol. The molecular weight excluding hydrogens is 318 g/mol. The number of rotatable bonds is 3. The quantitative estimate of drug-likeness (QED) is 0.365. The first-order chi connectivity index (χ1) is 12.0. The fourth-order valence-electron chi connectivity index (χ4n) is 1.99. The molecule has 0 bridgehead atoms. The number of nitrogens with zero attached hydrogens (tertiary/aromatic N) is 3. The van der Waals surface area contributed by atoms with Crippen molar-refractivity contribution < 1.29 is 9.53 Å². The second-order valence-electron chi connectivity index (χ2n) is 4.85. The minimum Gasteiger partial charge on any atom is -0.420 e. The number of hydrogen-bond acceptors (Lipinski definition) is 5. The van der Waals surface area contributed by atoms with Gasteiger partial charge in [0.05, 0.1) is 12.1 Å². The van der Waals surface area contributed by atoms with E-state index >= 15 is 0 Å². The van der Waals surface area contributed by atoms with Crippen LogP contribution in [0.15, 0.2) is 28.5 Å². The van der Waals surface area contributed by atoms with Crippen molar-refractivity contribution in [1.82, 2.24) is 9.55 Å². The number of esters is 1. The fourth-order valence-corrected chi connectivity index (χ4v) is 1.99. The van der Waals surface area contributed by atoms with Crippen LogP contribution >= 0.6 is 0 Å². The van der Waals surface area contributed by atoms with Gasteiger partial charge in [0.2, 0.25) is 0 Å². The van der Waals surface area contributed by atoms with Gasteiger partial charge in [0.25, 0.3) is 5.56 Å². The second-order valence-corrected chi connectivity index (χ2v) is 4.85. The average Bonchev–Trinajstić information content (AvgIpc) is 2.83. The maximum absolute atomic E-state index is 12.4. The summed E-state index contributed by atoms with van der Waals surface area (Å²) < 4.78 is 6.09. The van der Waals surface area contributed by atoms with E-state index in [0.29, 0.717) is 23.7 Å². The first-order valence-corrected chi connectivity index (χ1v) is 8.50. The molecule has 0 N–H and O–H groups in total. The molecule has 0 amide bonds. The minimum atomic E-state index is -0.839. The van der Waals surface area contributed by atoms with E-state index in [1.54, 1.807) is 6.21 Å². The first-order valence-electron chi connectivity index (χ1n) is 8.50. The van der Waals surface area contributed by atoms with Gasteiger partial charge in [-0.3, -0.25) is 9.36 Å². The molecule has 0 radical (unpaired) electrons. The van der Waals surface area contributed by atoms with Crippen molar-refractivity contribution in [3.8, 4) is 12.3 Å². The van der Waals surface area contributed by atoms with Crippen LogP contribution in [0, 0.1) is 18.3 Å². The van der Waals surface area contributed by atoms with E-state index in [9.17, 15) is 9.59 Å². The molecule has 1 aliphatic rings. The molecule has 136 valence electrons. The highest BCUT2D eigenvalue weighted by Gasteiger charge is 2.16. The normalized spacial score (nSPS) is 14.3. The van der Waals surface area contributed by atoms with Crippen LogP contribution in [0.2, 0.25) is 0 Å². The summed E-state index contributed by atoms with van der Waals surface area (Å²) >= 11 is 0. The molecule has 6 nitrogen and oxygen atoms in total. The second kappa shape index (κ2) is 11.8. The Morgan fingerprint density at radius 3 is 2.68 bits per heavy atom. The zero-order chi connectivity index (χ0) is 19.4. The lowest BCUT2D eigenvalue weighted by Gasteiger charge is -2.10. The van der Waals surface area contributed by atoms with Gasteiger partial charge in [0.15, 0.2) is 5.82 Å². The number of fused-ring (bicyclic) bond motifs is 1. The Balaban J connectivity index is 0.00000134. The lowest BCUT2D eigenvalue weighted by Crippen LogP contribution is -2.25. The largest absolute Gasteiger partial charge is 0.420 e. The van der Waals surface area contributed by atoms with Gasteiger partial charge in [-0.2, -0.15) is 0 Å². The summed E-state index contributed by atoms with van der Waals surface area (Å²) in [6.45, 7) is 13.6. The van der Waals surface area contributed by atoms with E-state index in [4.69, 9.17) is 11.2 Å². The van der Waals surface area contributed by atoms with Crippen LogP contribution in [0.25, 0.3) is 0 Å². The Kier molecular flexibility index (Phi) is 10.5. The van der Waals surface area contributed by atoms with Crippen molar-refractivity contribution in [2.24, 2.45) is 10.9 Å². The van der Waals surface area contributed by atoms with Crippen LogP contribution in [-0.4, -0.2) is 21.7 Å². The smallest absolute Gasteiger partial charge is 0.389 e. The highest BCUT2D eigenvalue weighted by molar-refractivity contribution is 5.88. The summed E-state index contributed by atoms with van der Waals surface area (Å²) in [5.74, 6) is 1.82. The van der Waals surface area contributed by atoms with Gasteiger partial charge in [0, 0.05) is 12.1 Å². The van der Waals surface area contributed by atoms with Crippen LogP contribution in [-0.2, 0) is 22.5 Å². The van der Waals surface area contributed by atoms with E-state index in [0.717, 1.165) is 6.42 Å². The summed E-state index contributed by atoms with van der Waals surface area (Å²) in [4.78, 5) is 31.8. The molecule has 1 atom stereocenters. The van der Waals surface area contributed by atoms with Crippen molar-refractivity contribution in [3.63, 3.8) is 0 Å². The SMILES string of the molecule is C#CC(=O)OC(=C)Cn1cnc2c(c1=O)CCC(C)C=N2.CC.CC. The predicted octanol–water partition coefficient (Wildman–Crippen LogP) is 3.27. The number of ether oxygens (including phenoxy) is 1. The van der Waals surface area contributed by atoms with Gasteiger partial charge in [0.1, 0.15) is 12.1 Å². The van der Waals surface area contributed by atoms with E-state index in [1.165, 1.54) is 10.9 Å². The molecule has 1 unspecified atom stereocenters. The van der Waals surface area contributed by atoms with E-state index in [2.05, 4.69) is 16.6 Å². The molecule has 0 aliphatic carbocycles. The van der Waals surface area contributed by atoms with Crippen LogP contribution in [0.3, 0.4) is 0 Å². The monoisotopic (exact) mass is 345 g/mol. The number of hydrogen-bond donors (Lipinski definition) is 0. The van der Waals surface area contributed by atoms with Crippen molar-refractivity contribution in [3.05, 3.63) is 34.6 Å². The van der Waals surface area contributed by atoms with Crippen LogP contribution < -0.4 is 5.56 Å². The summed E-state index contributed by atoms with van der Waals surface area (Å²) in [5.41, 5.74) is 0.360. The van der Waals surface area contributed by atoms with Crippen molar-refractivity contribution in [2.45, 2.75) is 54.0 Å². The Hall–Kier alpha value is -2.68. The lowest BCUT2D eigenvalue weighted by atomic mass is 10.0. The van der Waals surface area contributed by atoms with Crippen LogP contribution in [0.5, 0.6) is 0 Å². The van der Waals surface area contributed by atoms with Crippen molar-refractivity contribution >= 4 is 18.0 Å². The molecule has 0 spiro atoms. The van der Waals surface area contributed by atoms with Gasteiger partial charge in [-0.15, -0.1) is 6.42 Å². The number of aliphatic imine (C=N–C) groups is 1. The molecule has 25 heavy (non-hydrogen) atoms. The number of carbonyl (C=O) groups is 1. The van der Waals surface area contributed by atoms with Crippen molar-refractivity contribution in [2.75, 3.05) is 0 Å². The molecule has 2 heterocycles. The third-order valence-corrected chi connectivity index (χ3v) is 3.11. The van der Waals surface area contributed by atoms with Gasteiger partial charge in [-0.25, -0.2) is 14.8 Å². The van der Waals surface area contributed by atoms with Gasteiger partial charge in [-0.05, 0) is 18.8 Å². The molecular formula is C19H27N3O3. The van der Waals surface area contributed by atoms with Crippen LogP contribution in [0.4, 0.5) is 5.82 Å². The molecule has 0 saturated carbocycles. The summed E-state index contributed by atoms with van der Waals surface area (Å²) in [5, 5.41) is 0. The molecule has 0 aromatic carbocycles. The number of terminal acetylenes is 1. The van der Waals surface area contributed by atoms with E-state index < -0.39 is 5.97 Å². The van der Waals surface area contributed by atoms with Crippen molar-refractivity contribution in [1.29, 1.82) is 0 Å². The molecule has 6 heteroatoms. The Labute approximate surface area is 149 Å². The molecule has 1 aliphatic heterocycles. The topological polar surface area (TPSA) is 73.6 Å². The lowest BCUT2D eigenvalue weighted by molar-refractivity contribution is -0.133. The third-order valence-electron chi connectivity index (χ3n) is 3.11. The standard InChI is InChI=1S/C15H15N3O3.2C2H6/c1-4-13(19)21-11(3)8-18-9-17-14-12(15(18)20)6-5-10(2)7-16-14;2*1-2/h1,7,9-10H,3,5-6,8H2,2H3;2*1-2H3. The fraction of sp³-hybridized carbons (Fsp3) is 0.474. The summed E-state index contributed by atoms with van der Waals surface area (Å²) in [6, 6.07) is 0. The molecule has 2 rings (SSSR count). The zero-order valence-corrected chi connectivity index (χ0v) is 15.7. The maximum atomic E-state index is 12.4. The highest BCUT2D eigenvalue weighted by atomic mass is 16.5. The third kappa shape index (κ3) is 6.76. The summed E-state index contributed by atoms with van der Waals surface area (Å²) in [6.07, 6.45) is 9.52. The van der Waals surface area contributed by atoms with E-state index in [1.807, 2.05) is 40.5 Å². The molecule has 1 aromatic rings.